The first kappa shape index (κ1) is 40.6. The SMILES string of the molecule is CCCCCCCCCCCCCCCCC(C(=O)CCCCCCCCCCCCC)C(=O)POCC(O)CO. The number of unbranched alkanes of at least 4 members (excludes halogenated alkanes) is 23. The summed E-state index contributed by atoms with van der Waals surface area (Å²) < 4.78 is 5.33. The molecule has 0 aliphatic carbocycles. The fourth-order valence-electron chi connectivity index (χ4n) is 5.45. The summed E-state index contributed by atoms with van der Waals surface area (Å²) in [7, 11) is -0.440. The molecule has 0 bridgehead atoms. The molecule has 0 rings (SSSR count). The van der Waals surface area contributed by atoms with Crippen molar-refractivity contribution in [1.29, 1.82) is 0 Å². The van der Waals surface area contributed by atoms with Crippen molar-refractivity contribution >= 4 is 20.1 Å². The van der Waals surface area contributed by atoms with E-state index in [9.17, 15) is 14.7 Å². The predicted molar refractivity (Wildman–Crippen MR) is 177 cm³/mol. The van der Waals surface area contributed by atoms with Crippen LogP contribution >= 0.6 is 8.81 Å². The van der Waals surface area contributed by atoms with Gasteiger partial charge in [-0.1, -0.05) is 168 Å². The minimum absolute atomic E-state index is 0.0689. The van der Waals surface area contributed by atoms with E-state index in [1.54, 1.807) is 0 Å². The number of aliphatic hydroxyl groups is 2. The van der Waals surface area contributed by atoms with E-state index in [2.05, 4.69) is 13.8 Å². The summed E-state index contributed by atoms with van der Waals surface area (Å²) in [5, 5.41) is 18.4. The van der Waals surface area contributed by atoms with Crippen molar-refractivity contribution in [2.45, 2.75) is 193 Å². The van der Waals surface area contributed by atoms with Crippen LogP contribution in [0, 0.1) is 5.92 Å². The first-order chi connectivity index (χ1) is 20.1. The van der Waals surface area contributed by atoms with Gasteiger partial charge in [-0.25, -0.2) is 0 Å². The van der Waals surface area contributed by atoms with Crippen molar-refractivity contribution in [3.63, 3.8) is 0 Å². The summed E-state index contributed by atoms with van der Waals surface area (Å²) >= 11 is 0. The highest BCUT2D eigenvalue weighted by atomic mass is 31.1. The molecule has 0 aromatic carbocycles. The minimum atomic E-state index is -0.980. The standard InChI is InChI=1S/C35H69O5P/c1-3-5-7-9-11-13-15-16-17-19-20-22-24-26-28-33(35(39)41-40-31-32(37)30-36)34(38)29-27-25-23-21-18-14-12-10-8-6-4-2/h32-33,36-37,41H,3-31H2,1-2H3. The minimum Gasteiger partial charge on any atom is -0.394 e. The molecule has 0 radical (unpaired) electrons. The molecule has 5 nitrogen and oxygen atoms in total. The Morgan fingerprint density at radius 3 is 1.34 bits per heavy atom. The maximum Gasteiger partial charge on any atom is 0.189 e. The number of hydrogen-bond acceptors (Lipinski definition) is 5. The molecule has 2 N–H and O–H groups in total. The van der Waals surface area contributed by atoms with Crippen molar-refractivity contribution in [1.82, 2.24) is 0 Å². The van der Waals surface area contributed by atoms with Crippen LogP contribution in [0.25, 0.3) is 0 Å². The molecule has 0 spiro atoms. The third-order valence-corrected chi connectivity index (χ3v) is 9.10. The van der Waals surface area contributed by atoms with Gasteiger partial charge in [0, 0.05) is 6.42 Å². The Kier molecular flexibility index (Phi) is 32.3. The van der Waals surface area contributed by atoms with Crippen LogP contribution in [0.2, 0.25) is 0 Å². The third kappa shape index (κ3) is 28.2. The lowest BCUT2D eigenvalue weighted by molar-refractivity contribution is -0.129. The molecule has 0 fully saturated rings. The van der Waals surface area contributed by atoms with Crippen LogP contribution in [-0.2, 0) is 14.1 Å². The van der Waals surface area contributed by atoms with E-state index < -0.39 is 20.8 Å². The van der Waals surface area contributed by atoms with Gasteiger partial charge < -0.3 is 14.7 Å². The van der Waals surface area contributed by atoms with E-state index >= 15 is 0 Å². The van der Waals surface area contributed by atoms with E-state index in [4.69, 9.17) is 9.63 Å². The number of hydrogen-bond donors (Lipinski definition) is 2. The lowest BCUT2D eigenvalue weighted by Crippen LogP contribution is -2.23. The second kappa shape index (κ2) is 32.6. The average molecular weight is 601 g/mol. The van der Waals surface area contributed by atoms with Crippen LogP contribution in [0.5, 0.6) is 0 Å². The van der Waals surface area contributed by atoms with Crippen LogP contribution in [0.4, 0.5) is 0 Å². The van der Waals surface area contributed by atoms with Crippen LogP contribution in [0.1, 0.15) is 187 Å². The highest BCUT2D eigenvalue weighted by molar-refractivity contribution is 7.53. The van der Waals surface area contributed by atoms with E-state index in [1.165, 1.54) is 135 Å². The molecule has 244 valence electrons. The third-order valence-electron chi connectivity index (χ3n) is 8.24. The number of carbonyl (C=O) groups is 2. The quantitative estimate of drug-likeness (QED) is 0.0436. The number of rotatable bonds is 34. The van der Waals surface area contributed by atoms with Gasteiger partial charge in [0.05, 0.1) is 27.9 Å². The predicted octanol–water partition coefficient (Wildman–Crippen LogP) is 10.2. The second-order valence-corrected chi connectivity index (χ2v) is 13.3. The Morgan fingerprint density at radius 2 is 0.951 bits per heavy atom. The van der Waals surface area contributed by atoms with Gasteiger partial charge in [0.1, 0.15) is 11.9 Å². The lowest BCUT2D eigenvalue weighted by atomic mass is 9.93. The molecule has 41 heavy (non-hydrogen) atoms. The number of ketones is 1. The smallest absolute Gasteiger partial charge is 0.189 e. The molecule has 0 aromatic heterocycles. The first-order valence-corrected chi connectivity index (χ1v) is 18.7. The normalized spacial score (nSPS) is 13.3. The van der Waals surface area contributed by atoms with E-state index in [1.807, 2.05) is 0 Å². The zero-order valence-corrected chi connectivity index (χ0v) is 28.3. The van der Waals surface area contributed by atoms with E-state index in [0.717, 1.165) is 25.7 Å². The molecule has 0 aliphatic heterocycles. The zero-order chi connectivity index (χ0) is 30.2. The summed E-state index contributed by atoms with van der Waals surface area (Å²) in [4.78, 5) is 25.8. The Labute approximate surface area is 256 Å². The molecule has 0 saturated heterocycles. The fourth-order valence-corrected chi connectivity index (χ4v) is 6.32. The van der Waals surface area contributed by atoms with Gasteiger partial charge in [0.25, 0.3) is 0 Å². The van der Waals surface area contributed by atoms with E-state index in [0.29, 0.717) is 12.8 Å². The Morgan fingerprint density at radius 1 is 0.585 bits per heavy atom. The number of Topliss-reactive ketones (excluding diaryl/α,β-unsaturated/α-hetero) is 1. The van der Waals surface area contributed by atoms with Crippen LogP contribution in [0.15, 0.2) is 0 Å². The molecule has 0 heterocycles. The Balaban J connectivity index is 4.12. The van der Waals surface area contributed by atoms with Crippen molar-refractivity contribution in [2.75, 3.05) is 13.2 Å². The molecule has 0 saturated carbocycles. The summed E-state index contributed by atoms with van der Waals surface area (Å²) in [5.74, 6) is -0.500. The van der Waals surface area contributed by atoms with Crippen LogP contribution < -0.4 is 0 Å². The van der Waals surface area contributed by atoms with Gasteiger partial charge in [-0.15, -0.1) is 0 Å². The summed E-state index contributed by atoms with van der Waals surface area (Å²) in [6.45, 7) is 4.06. The highest BCUT2D eigenvalue weighted by Crippen LogP contribution is 2.27. The van der Waals surface area contributed by atoms with Gasteiger partial charge in [-0.2, -0.15) is 0 Å². The number of aliphatic hydroxyl groups excluding tert-OH is 2. The molecule has 3 unspecified atom stereocenters. The second-order valence-electron chi connectivity index (χ2n) is 12.3. The lowest BCUT2D eigenvalue weighted by Gasteiger charge is -2.15. The van der Waals surface area contributed by atoms with Gasteiger partial charge in [-0.05, 0) is 12.8 Å². The van der Waals surface area contributed by atoms with Crippen molar-refractivity contribution in [2.24, 2.45) is 5.92 Å². The summed E-state index contributed by atoms with van der Waals surface area (Å²) in [6.07, 6.45) is 31.8. The maximum atomic E-state index is 13.0. The molecule has 3 atom stereocenters. The zero-order valence-electron chi connectivity index (χ0n) is 27.3. The van der Waals surface area contributed by atoms with Crippen molar-refractivity contribution in [3.05, 3.63) is 0 Å². The summed E-state index contributed by atoms with van der Waals surface area (Å²) in [5.41, 5.74) is -0.141. The Bertz CT molecular complexity index is 571. The van der Waals surface area contributed by atoms with Gasteiger partial charge >= 0.3 is 0 Å². The van der Waals surface area contributed by atoms with Gasteiger partial charge in [-0.3, -0.25) is 9.59 Å². The van der Waals surface area contributed by atoms with Crippen LogP contribution in [0.3, 0.4) is 0 Å². The maximum absolute atomic E-state index is 13.0. The fraction of sp³-hybridized carbons (Fsp3) is 0.943. The van der Waals surface area contributed by atoms with Crippen LogP contribution in [-0.4, -0.2) is 40.8 Å². The molecule has 6 heteroatoms. The molecule has 0 amide bonds. The van der Waals surface area contributed by atoms with Gasteiger partial charge in [0.2, 0.25) is 0 Å². The largest absolute Gasteiger partial charge is 0.394 e. The number of carbonyl (C=O) groups excluding carboxylic acids is 2. The van der Waals surface area contributed by atoms with Gasteiger partial charge in [0.15, 0.2) is 5.52 Å². The van der Waals surface area contributed by atoms with Crippen molar-refractivity contribution in [3.8, 4) is 0 Å². The topological polar surface area (TPSA) is 83.8 Å². The highest BCUT2D eigenvalue weighted by Gasteiger charge is 2.26. The molecular formula is C35H69O5P. The first-order valence-electron chi connectivity index (χ1n) is 17.8. The molecule has 0 aliphatic rings. The Hall–Kier alpha value is -0.350. The summed E-state index contributed by atoms with van der Waals surface area (Å²) in [6, 6.07) is 0. The average Bonchev–Trinajstić information content (AvgIpc) is 2.97. The molecular weight excluding hydrogens is 531 g/mol. The monoisotopic (exact) mass is 600 g/mol. The molecule has 0 aromatic rings. The van der Waals surface area contributed by atoms with Crippen molar-refractivity contribution < 1.29 is 24.3 Å². The van der Waals surface area contributed by atoms with E-state index in [-0.39, 0.29) is 24.5 Å².